The van der Waals surface area contributed by atoms with E-state index in [0.717, 1.165) is 55.7 Å². The smallest absolute Gasteiger partial charge is 0.164 e. The van der Waals surface area contributed by atoms with Crippen LogP contribution >= 0.6 is 11.3 Å². The van der Waals surface area contributed by atoms with Crippen LogP contribution in [0.2, 0.25) is 0 Å². The van der Waals surface area contributed by atoms with Crippen molar-refractivity contribution in [1.82, 2.24) is 19.5 Å². The lowest BCUT2D eigenvalue weighted by molar-refractivity contribution is 1.07. The van der Waals surface area contributed by atoms with Gasteiger partial charge in [0.1, 0.15) is 0 Å². The molecule has 0 aliphatic heterocycles. The molecule has 0 atom stereocenters. The van der Waals surface area contributed by atoms with Crippen LogP contribution in [0.25, 0.3) is 115 Å². The molecule has 9 aromatic carbocycles. The molecule has 3 heterocycles. The number of benzene rings is 9. The Kier molecular flexibility index (Phi) is 8.65. The van der Waals surface area contributed by atoms with E-state index in [2.05, 4.69) is 187 Å². The van der Waals surface area contributed by atoms with Crippen molar-refractivity contribution < 1.29 is 0 Å². The summed E-state index contributed by atoms with van der Waals surface area (Å²) in [5.74, 6) is 1.87. The van der Waals surface area contributed by atoms with Crippen LogP contribution in [0.4, 0.5) is 0 Å². The summed E-state index contributed by atoms with van der Waals surface area (Å²) in [7, 11) is 0. The second kappa shape index (κ2) is 14.9. The van der Waals surface area contributed by atoms with Crippen molar-refractivity contribution in [3.63, 3.8) is 0 Å². The fourth-order valence-electron chi connectivity index (χ4n) is 8.80. The van der Waals surface area contributed by atoms with Gasteiger partial charge in [0.25, 0.3) is 0 Å². The zero-order valence-electron chi connectivity index (χ0n) is 33.5. The Labute approximate surface area is 362 Å². The minimum atomic E-state index is 0.610. The summed E-state index contributed by atoms with van der Waals surface area (Å²) < 4.78 is 5.00. The third-order valence-corrected chi connectivity index (χ3v) is 13.0. The van der Waals surface area contributed by atoms with Crippen molar-refractivity contribution in [2.24, 2.45) is 0 Å². The second-order valence-electron chi connectivity index (χ2n) is 15.6. The Morgan fingerprint density at radius 3 is 1.27 bits per heavy atom. The Morgan fingerprint density at radius 1 is 0.274 bits per heavy atom. The summed E-state index contributed by atoms with van der Waals surface area (Å²) in [5, 5.41) is 4.91. The third kappa shape index (κ3) is 6.35. The molecule has 290 valence electrons. The van der Waals surface area contributed by atoms with Crippen LogP contribution in [0.5, 0.6) is 0 Å². The van der Waals surface area contributed by atoms with Crippen LogP contribution in [0.1, 0.15) is 0 Å². The highest BCUT2D eigenvalue weighted by atomic mass is 32.1. The minimum Gasteiger partial charge on any atom is -0.309 e. The standard InChI is InChI=1S/C57H36N4S/c1-5-15-37(16-6-1)42-25-28-47-48-29-26-43(38-17-7-2-8-18-38)36-52(48)61(51(47)35-42)46-32-44(41-27-30-54-50(34-41)49-23-13-14-24-53(49)62-54)31-45(33-46)57-59-55(39-19-9-3-10-20-39)58-56(60-57)40-21-11-4-12-22-40/h1-36H. The lowest BCUT2D eigenvalue weighted by atomic mass is 9.99. The highest BCUT2D eigenvalue weighted by Crippen LogP contribution is 2.41. The van der Waals surface area contributed by atoms with Crippen LogP contribution in [0, 0.1) is 0 Å². The first-order chi connectivity index (χ1) is 30.7. The molecule has 0 saturated heterocycles. The van der Waals surface area contributed by atoms with Crippen LogP contribution < -0.4 is 0 Å². The zero-order valence-corrected chi connectivity index (χ0v) is 34.3. The van der Waals surface area contributed by atoms with Crippen LogP contribution in [0.3, 0.4) is 0 Å². The normalized spacial score (nSPS) is 11.5. The van der Waals surface area contributed by atoms with Crippen LogP contribution in [-0.4, -0.2) is 19.5 Å². The summed E-state index contributed by atoms with van der Waals surface area (Å²) in [6.07, 6.45) is 0. The van der Waals surface area contributed by atoms with Gasteiger partial charge in [-0.15, -0.1) is 11.3 Å². The fraction of sp³-hybridized carbons (Fsp3) is 0. The third-order valence-electron chi connectivity index (χ3n) is 11.8. The first-order valence-corrected chi connectivity index (χ1v) is 21.7. The predicted octanol–water partition coefficient (Wildman–Crippen LogP) is 15.3. The molecular weight excluding hydrogens is 773 g/mol. The van der Waals surface area contributed by atoms with E-state index in [1.54, 1.807) is 0 Å². The Morgan fingerprint density at radius 2 is 0.710 bits per heavy atom. The van der Waals surface area contributed by atoms with E-state index in [1.165, 1.54) is 42.1 Å². The van der Waals surface area contributed by atoms with Crippen molar-refractivity contribution in [3.8, 4) is 73.2 Å². The maximum absolute atomic E-state index is 5.24. The molecule has 0 unspecified atom stereocenters. The molecule has 0 amide bonds. The van der Waals surface area contributed by atoms with Crippen molar-refractivity contribution >= 4 is 53.3 Å². The lowest BCUT2D eigenvalue weighted by Gasteiger charge is -2.15. The maximum Gasteiger partial charge on any atom is 0.164 e. The Hall–Kier alpha value is -7.99. The van der Waals surface area contributed by atoms with E-state index < -0.39 is 0 Å². The summed E-state index contributed by atoms with van der Waals surface area (Å²) in [6.45, 7) is 0. The highest BCUT2D eigenvalue weighted by Gasteiger charge is 2.19. The molecule has 0 aliphatic rings. The van der Waals surface area contributed by atoms with Gasteiger partial charge in [-0.2, -0.15) is 0 Å². The number of aromatic nitrogens is 4. The van der Waals surface area contributed by atoms with Crippen LogP contribution in [0.15, 0.2) is 218 Å². The van der Waals surface area contributed by atoms with Gasteiger partial charge in [0.05, 0.1) is 11.0 Å². The number of nitrogens with zero attached hydrogens (tertiary/aromatic N) is 4. The van der Waals surface area contributed by atoms with Gasteiger partial charge in [0.2, 0.25) is 0 Å². The molecule has 5 heteroatoms. The summed E-state index contributed by atoms with van der Waals surface area (Å²) >= 11 is 1.84. The topological polar surface area (TPSA) is 43.6 Å². The van der Waals surface area contributed by atoms with Crippen LogP contribution in [-0.2, 0) is 0 Å². The molecule has 4 nitrogen and oxygen atoms in total. The Balaban J connectivity index is 1.16. The lowest BCUT2D eigenvalue weighted by Crippen LogP contribution is -2.02. The molecule has 0 aliphatic carbocycles. The number of hydrogen-bond donors (Lipinski definition) is 0. The molecule has 0 radical (unpaired) electrons. The van der Waals surface area contributed by atoms with Gasteiger partial charge in [-0.05, 0) is 81.9 Å². The molecule has 62 heavy (non-hydrogen) atoms. The van der Waals surface area contributed by atoms with E-state index in [-0.39, 0.29) is 0 Å². The molecular formula is C57H36N4S. The zero-order chi connectivity index (χ0) is 41.0. The Bertz CT molecular complexity index is 3460. The minimum absolute atomic E-state index is 0.610. The first-order valence-electron chi connectivity index (χ1n) is 20.8. The molecule has 0 saturated carbocycles. The number of fused-ring (bicyclic) bond motifs is 6. The average molecular weight is 809 g/mol. The molecule has 0 fully saturated rings. The number of rotatable bonds is 7. The van der Waals surface area contributed by atoms with Crippen molar-refractivity contribution in [2.75, 3.05) is 0 Å². The predicted molar refractivity (Wildman–Crippen MR) is 260 cm³/mol. The average Bonchev–Trinajstić information content (AvgIpc) is 3.89. The molecule has 12 aromatic rings. The first kappa shape index (κ1) is 35.9. The molecule has 0 spiro atoms. The van der Waals surface area contributed by atoms with Gasteiger partial charge in [0.15, 0.2) is 17.5 Å². The number of hydrogen-bond acceptors (Lipinski definition) is 4. The maximum atomic E-state index is 5.24. The van der Waals surface area contributed by atoms with E-state index >= 15 is 0 Å². The van der Waals surface area contributed by atoms with E-state index in [4.69, 9.17) is 15.0 Å². The summed E-state index contributed by atoms with van der Waals surface area (Å²) in [4.78, 5) is 15.5. The summed E-state index contributed by atoms with van der Waals surface area (Å²) in [6, 6.07) is 77.8. The van der Waals surface area contributed by atoms with Gasteiger partial charge in [-0.25, -0.2) is 15.0 Å². The quantitative estimate of drug-likeness (QED) is 0.161. The molecule has 3 aromatic heterocycles. The molecule has 12 rings (SSSR count). The van der Waals surface area contributed by atoms with Crippen molar-refractivity contribution in [2.45, 2.75) is 0 Å². The van der Waals surface area contributed by atoms with Crippen molar-refractivity contribution in [1.29, 1.82) is 0 Å². The van der Waals surface area contributed by atoms with E-state index in [9.17, 15) is 0 Å². The fourth-order valence-corrected chi connectivity index (χ4v) is 9.88. The van der Waals surface area contributed by atoms with E-state index in [0.29, 0.717) is 17.5 Å². The summed E-state index contributed by atoms with van der Waals surface area (Å²) in [5.41, 5.74) is 12.9. The van der Waals surface area contributed by atoms with Gasteiger partial charge < -0.3 is 4.57 Å². The molecule has 0 bridgehead atoms. The van der Waals surface area contributed by atoms with E-state index in [1.807, 2.05) is 47.7 Å². The van der Waals surface area contributed by atoms with Gasteiger partial charge in [0, 0.05) is 53.3 Å². The monoisotopic (exact) mass is 808 g/mol. The SMILES string of the molecule is c1ccc(-c2ccc3c4ccc(-c5ccccc5)cc4n(-c4cc(-c5ccc6sc7ccccc7c6c5)cc(-c5nc(-c6ccccc6)nc(-c6ccccc6)n5)c4)c3c2)cc1. The van der Waals surface area contributed by atoms with Gasteiger partial charge in [-0.1, -0.05) is 170 Å². The molecule has 0 N–H and O–H groups in total. The number of thiophene rings is 1. The van der Waals surface area contributed by atoms with Crippen molar-refractivity contribution in [3.05, 3.63) is 218 Å². The largest absolute Gasteiger partial charge is 0.309 e. The second-order valence-corrected chi connectivity index (χ2v) is 16.7. The van der Waals surface area contributed by atoms with Gasteiger partial charge in [-0.3, -0.25) is 0 Å². The highest BCUT2D eigenvalue weighted by molar-refractivity contribution is 7.25. The van der Waals surface area contributed by atoms with Gasteiger partial charge >= 0.3 is 0 Å².